The molecule has 2 rings (SSSR count). The predicted molar refractivity (Wildman–Crippen MR) is 89.4 cm³/mol. The Morgan fingerprint density at radius 1 is 1.26 bits per heavy atom. The van der Waals surface area contributed by atoms with Crippen molar-refractivity contribution >= 4 is 22.7 Å². The van der Waals surface area contributed by atoms with Gasteiger partial charge in [-0.1, -0.05) is 13.8 Å². The highest BCUT2D eigenvalue weighted by Gasteiger charge is 2.22. The zero-order valence-corrected chi connectivity index (χ0v) is 14.0. The lowest BCUT2D eigenvalue weighted by Gasteiger charge is -2.14. The van der Waals surface area contributed by atoms with Crippen LogP contribution in [0.4, 0.5) is 0 Å². The van der Waals surface area contributed by atoms with E-state index in [9.17, 15) is 14.7 Å². The number of carbonyl (C=O) groups is 2. The van der Waals surface area contributed by atoms with E-state index in [1.165, 1.54) is 6.92 Å². The number of aliphatic hydroxyl groups excluding tert-OH is 1. The smallest absolute Gasteiger partial charge is 0.335 e. The molecular formula is C18H23NO4. The molecule has 124 valence electrons. The number of hydrogen-bond acceptors (Lipinski definition) is 3. The summed E-state index contributed by atoms with van der Waals surface area (Å²) >= 11 is 0. The number of aliphatic hydroxyl groups is 1. The third kappa shape index (κ3) is 3.01. The molecule has 0 bridgehead atoms. The van der Waals surface area contributed by atoms with Crippen LogP contribution in [0.3, 0.4) is 0 Å². The summed E-state index contributed by atoms with van der Waals surface area (Å²) in [5.41, 5.74) is 3.41. The van der Waals surface area contributed by atoms with Crippen LogP contribution < -0.4 is 0 Å². The van der Waals surface area contributed by atoms with Gasteiger partial charge in [-0.15, -0.1) is 0 Å². The van der Waals surface area contributed by atoms with E-state index in [0.717, 1.165) is 16.8 Å². The van der Waals surface area contributed by atoms with Crippen LogP contribution in [0.25, 0.3) is 10.9 Å². The molecule has 5 heteroatoms. The van der Waals surface area contributed by atoms with E-state index in [0.29, 0.717) is 23.9 Å². The van der Waals surface area contributed by atoms with E-state index in [4.69, 9.17) is 5.11 Å². The second kappa shape index (κ2) is 6.54. The van der Waals surface area contributed by atoms with E-state index in [-0.39, 0.29) is 23.9 Å². The SMILES string of the molecule is CC(=O)c1c(C)n(CCCO)c2c(C(C)C)cc(C(=O)O)cc12. The molecule has 0 spiro atoms. The highest BCUT2D eigenvalue weighted by atomic mass is 16.4. The largest absolute Gasteiger partial charge is 0.478 e. The second-order valence-electron chi connectivity index (χ2n) is 6.17. The zero-order chi connectivity index (χ0) is 17.3. The average Bonchev–Trinajstić information content (AvgIpc) is 2.75. The lowest BCUT2D eigenvalue weighted by molar-refractivity contribution is 0.0696. The Morgan fingerprint density at radius 3 is 2.39 bits per heavy atom. The van der Waals surface area contributed by atoms with Crippen molar-refractivity contribution in [3.63, 3.8) is 0 Å². The Balaban J connectivity index is 2.92. The van der Waals surface area contributed by atoms with Crippen molar-refractivity contribution < 1.29 is 19.8 Å². The van der Waals surface area contributed by atoms with Crippen molar-refractivity contribution in [1.82, 2.24) is 4.57 Å². The monoisotopic (exact) mass is 317 g/mol. The van der Waals surface area contributed by atoms with E-state index in [2.05, 4.69) is 0 Å². The molecule has 0 saturated heterocycles. The number of Topliss-reactive ketones (excluding diaryl/α,β-unsaturated/α-hetero) is 1. The number of carboxylic acids is 1. The highest BCUT2D eigenvalue weighted by molar-refractivity contribution is 6.10. The van der Waals surface area contributed by atoms with Gasteiger partial charge in [0.25, 0.3) is 0 Å². The van der Waals surface area contributed by atoms with Crippen molar-refractivity contribution in [3.05, 3.63) is 34.5 Å². The lowest BCUT2D eigenvalue weighted by Crippen LogP contribution is -2.06. The fourth-order valence-corrected chi connectivity index (χ4v) is 3.16. The van der Waals surface area contributed by atoms with Gasteiger partial charge in [0.1, 0.15) is 0 Å². The number of hydrogen-bond donors (Lipinski definition) is 2. The molecule has 2 N–H and O–H groups in total. The summed E-state index contributed by atoms with van der Waals surface area (Å²) in [6, 6.07) is 3.27. The van der Waals surface area contributed by atoms with Crippen LogP contribution in [-0.4, -0.2) is 33.1 Å². The molecular weight excluding hydrogens is 294 g/mol. The maximum Gasteiger partial charge on any atom is 0.335 e. The Bertz CT molecular complexity index is 771. The Kier molecular flexibility index (Phi) is 4.90. The van der Waals surface area contributed by atoms with Gasteiger partial charge in [0.2, 0.25) is 0 Å². The third-order valence-electron chi connectivity index (χ3n) is 4.21. The Hall–Kier alpha value is -2.14. The number of nitrogens with zero attached hydrogens (tertiary/aromatic N) is 1. The quantitative estimate of drug-likeness (QED) is 0.801. The van der Waals surface area contributed by atoms with Gasteiger partial charge in [-0.2, -0.15) is 0 Å². The summed E-state index contributed by atoms with van der Waals surface area (Å²) in [6.07, 6.45) is 0.584. The predicted octanol–water partition coefficient (Wildman–Crippen LogP) is 3.36. The number of carbonyl (C=O) groups excluding carboxylic acids is 1. The van der Waals surface area contributed by atoms with Gasteiger partial charge >= 0.3 is 5.97 Å². The average molecular weight is 317 g/mol. The third-order valence-corrected chi connectivity index (χ3v) is 4.21. The minimum atomic E-state index is -0.996. The Morgan fingerprint density at radius 2 is 1.91 bits per heavy atom. The maximum atomic E-state index is 12.1. The van der Waals surface area contributed by atoms with Crippen LogP contribution in [0.15, 0.2) is 12.1 Å². The molecule has 0 atom stereocenters. The van der Waals surface area contributed by atoms with Crippen LogP contribution in [0.2, 0.25) is 0 Å². The van der Waals surface area contributed by atoms with Crippen LogP contribution >= 0.6 is 0 Å². The lowest BCUT2D eigenvalue weighted by atomic mass is 9.95. The molecule has 1 heterocycles. The first-order chi connectivity index (χ1) is 10.8. The first kappa shape index (κ1) is 17.2. The first-order valence-electron chi connectivity index (χ1n) is 7.81. The summed E-state index contributed by atoms with van der Waals surface area (Å²) in [4.78, 5) is 23.6. The summed E-state index contributed by atoms with van der Waals surface area (Å²) < 4.78 is 2.03. The second-order valence-corrected chi connectivity index (χ2v) is 6.17. The number of ketones is 1. The number of aromatic nitrogens is 1. The molecule has 0 aliphatic heterocycles. The van der Waals surface area contributed by atoms with Crippen LogP contribution in [-0.2, 0) is 6.54 Å². The van der Waals surface area contributed by atoms with Gasteiger partial charge in [0.15, 0.2) is 5.78 Å². The van der Waals surface area contributed by atoms with Gasteiger partial charge in [-0.3, -0.25) is 4.79 Å². The molecule has 0 amide bonds. The van der Waals surface area contributed by atoms with Gasteiger partial charge in [-0.25, -0.2) is 4.79 Å². The summed E-state index contributed by atoms with van der Waals surface area (Å²) in [5, 5.41) is 19.2. The van der Waals surface area contributed by atoms with E-state index in [1.54, 1.807) is 12.1 Å². The van der Waals surface area contributed by atoms with Gasteiger partial charge in [0.05, 0.1) is 11.1 Å². The normalized spacial score (nSPS) is 11.4. The van der Waals surface area contributed by atoms with Crippen LogP contribution in [0.5, 0.6) is 0 Å². The standard InChI is InChI=1S/C18H23NO4/c1-10(2)14-8-13(18(22)23)9-15-16(12(4)21)11(3)19(17(14)15)6-5-7-20/h8-10,20H,5-7H2,1-4H3,(H,22,23). The molecule has 1 aromatic carbocycles. The van der Waals surface area contributed by atoms with E-state index >= 15 is 0 Å². The number of fused-ring (bicyclic) bond motifs is 1. The van der Waals surface area contributed by atoms with Crippen molar-refractivity contribution in [3.8, 4) is 0 Å². The molecule has 0 aliphatic carbocycles. The van der Waals surface area contributed by atoms with Gasteiger partial charge in [0, 0.05) is 29.8 Å². The Labute approximate surface area is 135 Å². The fourth-order valence-electron chi connectivity index (χ4n) is 3.16. The number of benzene rings is 1. The molecule has 0 aliphatic rings. The first-order valence-corrected chi connectivity index (χ1v) is 7.81. The number of rotatable bonds is 6. The molecule has 1 aromatic heterocycles. The van der Waals surface area contributed by atoms with Gasteiger partial charge < -0.3 is 14.8 Å². The van der Waals surface area contributed by atoms with Crippen LogP contribution in [0, 0.1) is 6.92 Å². The molecule has 0 saturated carbocycles. The fraction of sp³-hybridized carbons (Fsp3) is 0.444. The molecule has 0 fully saturated rings. The highest BCUT2D eigenvalue weighted by Crippen LogP contribution is 2.34. The number of aromatic carboxylic acids is 1. The molecule has 23 heavy (non-hydrogen) atoms. The molecule has 5 nitrogen and oxygen atoms in total. The van der Waals surface area contributed by atoms with Crippen LogP contribution in [0.1, 0.15) is 65.1 Å². The number of aryl methyl sites for hydroxylation is 1. The molecule has 0 radical (unpaired) electrons. The van der Waals surface area contributed by atoms with Gasteiger partial charge in [-0.05, 0) is 43.9 Å². The number of carboxylic acid groups (broad SMARTS) is 1. The summed E-state index contributed by atoms with van der Waals surface area (Å²) in [6.45, 7) is 8.05. The summed E-state index contributed by atoms with van der Waals surface area (Å²) in [5.74, 6) is -0.949. The van der Waals surface area contributed by atoms with Crippen molar-refractivity contribution in [2.24, 2.45) is 0 Å². The minimum Gasteiger partial charge on any atom is -0.478 e. The molecule has 0 unspecified atom stereocenters. The zero-order valence-electron chi connectivity index (χ0n) is 14.0. The maximum absolute atomic E-state index is 12.1. The van der Waals surface area contributed by atoms with Crippen molar-refractivity contribution in [2.45, 2.75) is 46.6 Å². The minimum absolute atomic E-state index is 0.0682. The summed E-state index contributed by atoms with van der Waals surface area (Å²) in [7, 11) is 0. The molecule has 2 aromatic rings. The van der Waals surface area contributed by atoms with Crippen molar-refractivity contribution in [1.29, 1.82) is 0 Å². The topological polar surface area (TPSA) is 79.5 Å². The van der Waals surface area contributed by atoms with E-state index < -0.39 is 5.97 Å². The van der Waals surface area contributed by atoms with Crippen molar-refractivity contribution in [2.75, 3.05) is 6.61 Å². The van der Waals surface area contributed by atoms with E-state index in [1.807, 2.05) is 25.3 Å².